The molecule has 1 fully saturated rings. The van der Waals surface area contributed by atoms with E-state index in [2.05, 4.69) is 36.5 Å². The van der Waals surface area contributed by atoms with Gasteiger partial charge in [0, 0.05) is 18.8 Å². The van der Waals surface area contributed by atoms with Crippen LogP contribution in [0.5, 0.6) is 0 Å². The van der Waals surface area contributed by atoms with Crippen molar-refractivity contribution in [3.63, 3.8) is 0 Å². The van der Waals surface area contributed by atoms with Crippen LogP contribution in [0.4, 0.5) is 5.69 Å². The van der Waals surface area contributed by atoms with Crippen LogP contribution in [0, 0.1) is 0 Å². The summed E-state index contributed by atoms with van der Waals surface area (Å²) >= 11 is 0. The van der Waals surface area contributed by atoms with Crippen molar-refractivity contribution in [3.05, 3.63) is 29.8 Å². The fourth-order valence-corrected chi connectivity index (χ4v) is 2.06. The van der Waals surface area contributed by atoms with Crippen LogP contribution in [0.2, 0.25) is 0 Å². The molecule has 1 aliphatic heterocycles. The minimum atomic E-state index is 0.402. The van der Waals surface area contributed by atoms with E-state index in [0.29, 0.717) is 6.10 Å². The Hall–Kier alpha value is -1.02. The van der Waals surface area contributed by atoms with E-state index in [9.17, 15) is 0 Å². The maximum Gasteiger partial charge on any atom is 0.0747 e. The minimum absolute atomic E-state index is 0.402. The molecule has 0 saturated carbocycles. The average Bonchev–Trinajstić information content (AvgIpc) is 2.38. The van der Waals surface area contributed by atoms with Crippen molar-refractivity contribution in [2.75, 3.05) is 18.5 Å². The van der Waals surface area contributed by atoms with Crippen LogP contribution in [0.15, 0.2) is 24.3 Å². The number of ether oxygens (including phenoxy) is 1. The molecule has 0 aromatic heterocycles. The van der Waals surface area contributed by atoms with Crippen LogP contribution in [0.1, 0.15) is 31.7 Å². The maximum absolute atomic E-state index is 5.68. The Balaban J connectivity index is 1.79. The molecular formula is C14H21NO. The molecule has 1 unspecified atom stereocenters. The summed E-state index contributed by atoms with van der Waals surface area (Å²) in [6.07, 6.45) is 5.23. The van der Waals surface area contributed by atoms with Crippen molar-refractivity contribution in [2.45, 2.75) is 38.7 Å². The van der Waals surface area contributed by atoms with Crippen molar-refractivity contribution >= 4 is 5.69 Å². The van der Waals surface area contributed by atoms with Crippen LogP contribution < -0.4 is 5.32 Å². The van der Waals surface area contributed by atoms with Crippen LogP contribution in [-0.2, 0) is 11.2 Å². The largest absolute Gasteiger partial charge is 0.382 e. The van der Waals surface area contributed by atoms with E-state index in [-0.39, 0.29) is 0 Å². The topological polar surface area (TPSA) is 21.3 Å². The fraction of sp³-hybridized carbons (Fsp3) is 0.571. The van der Waals surface area contributed by atoms with Crippen LogP contribution in [-0.4, -0.2) is 19.3 Å². The first-order valence-electron chi connectivity index (χ1n) is 6.33. The predicted molar refractivity (Wildman–Crippen MR) is 67.9 cm³/mol. The summed E-state index contributed by atoms with van der Waals surface area (Å²) in [4.78, 5) is 0. The molecule has 2 nitrogen and oxygen atoms in total. The third kappa shape index (κ3) is 3.24. The summed E-state index contributed by atoms with van der Waals surface area (Å²) < 4.78 is 5.68. The van der Waals surface area contributed by atoms with E-state index >= 15 is 0 Å². The van der Waals surface area contributed by atoms with Gasteiger partial charge in [0.05, 0.1) is 6.10 Å². The zero-order valence-corrected chi connectivity index (χ0v) is 10.0. The molecule has 2 heteroatoms. The Morgan fingerprint density at radius 1 is 1.25 bits per heavy atom. The summed E-state index contributed by atoms with van der Waals surface area (Å²) in [6, 6.07) is 8.68. The SMILES string of the molecule is CCc1ccc(NCC2CCCCO2)cc1. The number of aryl methyl sites for hydroxylation is 1. The van der Waals surface area contributed by atoms with Gasteiger partial charge in [0.15, 0.2) is 0 Å². The highest BCUT2D eigenvalue weighted by Gasteiger charge is 2.12. The Labute approximate surface area is 98.0 Å². The van der Waals surface area contributed by atoms with Crippen LogP contribution >= 0.6 is 0 Å². The number of nitrogens with one attached hydrogen (secondary N) is 1. The van der Waals surface area contributed by atoms with Crippen molar-refractivity contribution < 1.29 is 4.74 Å². The normalized spacial score (nSPS) is 20.7. The zero-order valence-electron chi connectivity index (χ0n) is 10.0. The van der Waals surface area contributed by atoms with Gasteiger partial charge in [0.1, 0.15) is 0 Å². The lowest BCUT2D eigenvalue weighted by atomic mass is 10.1. The molecule has 0 radical (unpaired) electrons. The van der Waals surface area contributed by atoms with Gasteiger partial charge in [-0.3, -0.25) is 0 Å². The molecule has 1 aromatic carbocycles. The fourth-order valence-electron chi connectivity index (χ4n) is 2.06. The Kier molecular flexibility index (Phi) is 4.23. The molecule has 0 spiro atoms. The number of rotatable bonds is 4. The second-order valence-electron chi connectivity index (χ2n) is 4.42. The molecule has 88 valence electrons. The standard InChI is InChI=1S/C14H21NO/c1-2-12-6-8-13(9-7-12)15-11-14-5-3-4-10-16-14/h6-9,14-15H,2-5,10-11H2,1H3. The zero-order chi connectivity index (χ0) is 11.2. The van der Waals surface area contributed by atoms with Crippen molar-refractivity contribution in [1.82, 2.24) is 0 Å². The smallest absolute Gasteiger partial charge is 0.0747 e. The van der Waals surface area contributed by atoms with E-state index in [4.69, 9.17) is 4.74 Å². The third-order valence-electron chi connectivity index (χ3n) is 3.17. The lowest BCUT2D eigenvalue weighted by Crippen LogP contribution is -2.26. The summed E-state index contributed by atoms with van der Waals surface area (Å²) in [7, 11) is 0. The van der Waals surface area contributed by atoms with Gasteiger partial charge in [-0.2, -0.15) is 0 Å². The highest BCUT2D eigenvalue weighted by atomic mass is 16.5. The first kappa shape index (κ1) is 11.5. The highest BCUT2D eigenvalue weighted by Crippen LogP contribution is 2.15. The average molecular weight is 219 g/mol. The molecule has 1 atom stereocenters. The van der Waals surface area contributed by atoms with Gasteiger partial charge in [-0.25, -0.2) is 0 Å². The summed E-state index contributed by atoms with van der Waals surface area (Å²) in [6.45, 7) is 4.05. The summed E-state index contributed by atoms with van der Waals surface area (Å²) in [5.74, 6) is 0. The molecule has 1 saturated heterocycles. The summed E-state index contributed by atoms with van der Waals surface area (Å²) in [5, 5.41) is 3.44. The first-order chi connectivity index (χ1) is 7.88. The molecule has 0 bridgehead atoms. The van der Waals surface area contributed by atoms with E-state index < -0.39 is 0 Å². The molecule has 1 aliphatic rings. The van der Waals surface area contributed by atoms with Crippen LogP contribution in [0.3, 0.4) is 0 Å². The number of anilines is 1. The second kappa shape index (κ2) is 5.90. The molecule has 1 heterocycles. The highest BCUT2D eigenvalue weighted by molar-refractivity contribution is 5.44. The second-order valence-corrected chi connectivity index (χ2v) is 4.42. The molecule has 0 amide bonds. The molecule has 0 aliphatic carbocycles. The predicted octanol–water partition coefficient (Wildman–Crippen LogP) is 3.23. The lowest BCUT2D eigenvalue weighted by Gasteiger charge is -2.23. The van der Waals surface area contributed by atoms with Crippen molar-refractivity contribution in [1.29, 1.82) is 0 Å². The van der Waals surface area contributed by atoms with Gasteiger partial charge in [-0.05, 0) is 43.4 Å². The number of benzene rings is 1. The Morgan fingerprint density at radius 3 is 2.69 bits per heavy atom. The third-order valence-corrected chi connectivity index (χ3v) is 3.17. The number of hydrogen-bond donors (Lipinski definition) is 1. The maximum atomic E-state index is 5.68. The van der Waals surface area contributed by atoms with Crippen molar-refractivity contribution in [3.8, 4) is 0 Å². The van der Waals surface area contributed by atoms with E-state index in [0.717, 1.165) is 19.6 Å². The van der Waals surface area contributed by atoms with Crippen molar-refractivity contribution in [2.24, 2.45) is 0 Å². The molecular weight excluding hydrogens is 198 g/mol. The summed E-state index contributed by atoms with van der Waals surface area (Å²) in [5.41, 5.74) is 2.59. The molecule has 1 N–H and O–H groups in total. The van der Waals surface area contributed by atoms with E-state index in [1.165, 1.54) is 30.5 Å². The van der Waals surface area contributed by atoms with Gasteiger partial charge in [0.2, 0.25) is 0 Å². The van der Waals surface area contributed by atoms with Crippen LogP contribution in [0.25, 0.3) is 0 Å². The molecule has 1 aromatic rings. The van der Waals surface area contributed by atoms with Gasteiger partial charge >= 0.3 is 0 Å². The first-order valence-corrected chi connectivity index (χ1v) is 6.33. The Bertz CT molecular complexity index is 301. The van der Waals surface area contributed by atoms with Gasteiger partial charge < -0.3 is 10.1 Å². The quantitative estimate of drug-likeness (QED) is 0.839. The molecule has 2 rings (SSSR count). The lowest BCUT2D eigenvalue weighted by molar-refractivity contribution is 0.0247. The van der Waals surface area contributed by atoms with E-state index in [1.807, 2.05) is 0 Å². The molecule has 16 heavy (non-hydrogen) atoms. The number of hydrogen-bond acceptors (Lipinski definition) is 2. The van der Waals surface area contributed by atoms with Gasteiger partial charge in [0.25, 0.3) is 0 Å². The van der Waals surface area contributed by atoms with Gasteiger partial charge in [-0.15, -0.1) is 0 Å². The van der Waals surface area contributed by atoms with E-state index in [1.54, 1.807) is 0 Å². The monoisotopic (exact) mass is 219 g/mol. The van der Waals surface area contributed by atoms with Gasteiger partial charge in [-0.1, -0.05) is 19.1 Å². The minimum Gasteiger partial charge on any atom is -0.382 e. The Morgan fingerprint density at radius 2 is 2.06 bits per heavy atom.